The maximum Gasteiger partial charge on any atom is 0.278 e. The van der Waals surface area contributed by atoms with Gasteiger partial charge in [-0.15, -0.1) is 11.3 Å². The highest BCUT2D eigenvalue weighted by Gasteiger charge is 2.39. The second-order valence-corrected chi connectivity index (χ2v) is 8.07. The fourth-order valence-electron chi connectivity index (χ4n) is 3.64. The van der Waals surface area contributed by atoms with E-state index in [0.29, 0.717) is 11.3 Å². The van der Waals surface area contributed by atoms with Crippen LogP contribution in [-0.2, 0) is 16.1 Å². The standard InChI is InChI=1S/C24H24N4O2S/c1-3-27(4-2)19-9-7-18(8-10-19)26-22-21(20-6-5-15-31-20)23(29)28(24(22)30)16-17-11-13-25-14-12-17/h5-15,26H,3-4,16H2,1-2H3. The van der Waals surface area contributed by atoms with Gasteiger partial charge < -0.3 is 10.2 Å². The Bertz CT molecular complexity index is 1090. The van der Waals surface area contributed by atoms with E-state index in [-0.39, 0.29) is 18.4 Å². The minimum Gasteiger partial charge on any atom is -0.372 e. The van der Waals surface area contributed by atoms with Gasteiger partial charge in [-0.25, -0.2) is 0 Å². The van der Waals surface area contributed by atoms with E-state index in [4.69, 9.17) is 0 Å². The molecule has 0 atom stereocenters. The molecule has 0 radical (unpaired) electrons. The van der Waals surface area contributed by atoms with E-state index in [1.54, 1.807) is 12.4 Å². The molecule has 3 heterocycles. The van der Waals surface area contributed by atoms with Crippen molar-refractivity contribution < 1.29 is 9.59 Å². The van der Waals surface area contributed by atoms with Crippen LogP contribution < -0.4 is 10.2 Å². The molecule has 1 N–H and O–H groups in total. The Morgan fingerprint density at radius 3 is 2.29 bits per heavy atom. The molecule has 0 saturated carbocycles. The molecule has 7 heteroatoms. The van der Waals surface area contributed by atoms with Crippen LogP contribution >= 0.6 is 11.3 Å². The Balaban J connectivity index is 1.64. The number of benzene rings is 1. The van der Waals surface area contributed by atoms with E-state index >= 15 is 0 Å². The second kappa shape index (κ2) is 9.14. The third-order valence-electron chi connectivity index (χ3n) is 5.29. The summed E-state index contributed by atoms with van der Waals surface area (Å²) in [6, 6.07) is 15.3. The van der Waals surface area contributed by atoms with Crippen LogP contribution in [0.25, 0.3) is 5.57 Å². The summed E-state index contributed by atoms with van der Waals surface area (Å²) in [4.78, 5) is 34.8. The van der Waals surface area contributed by atoms with Gasteiger partial charge in [-0.2, -0.15) is 0 Å². The summed E-state index contributed by atoms with van der Waals surface area (Å²) in [5.74, 6) is -0.607. The van der Waals surface area contributed by atoms with Gasteiger partial charge >= 0.3 is 0 Å². The van der Waals surface area contributed by atoms with Crippen LogP contribution in [0.3, 0.4) is 0 Å². The number of amides is 2. The summed E-state index contributed by atoms with van der Waals surface area (Å²) in [6.45, 7) is 6.30. The molecule has 0 spiro atoms. The SMILES string of the molecule is CCN(CC)c1ccc(NC2=C(c3cccs3)C(=O)N(Cc3ccncc3)C2=O)cc1. The molecule has 0 bridgehead atoms. The van der Waals surface area contributed by atoms with E-state index in [2.05, 4.69) is 29.0 Å². The average molecular weight is 433 g/mol. The van der Waals surface area contributed by atoms with Crippen molar-refractivity contribution in [3.63, 3.8) is 0 Å². The van der Waals surface area contributed by atoms with Crippen molar-refractivity contribution in [1.29, 1.82) is 0 Å². The molecule has 4 rings (SSSR count). The van der Waals surface area contributed by atoms with Gasteiger partial charge in [-0.1, -0.05) is 6.07 Å². The first-order chi connectivity index (χ1) is 15.1. The Morgan fingerprint density at radius 2 is 1.68 bits per heavy atom. The molecule has 6 nitrogen and oxygen atoms in total. The van der Waals surface area contributed by atoms with Gasteiger partial charge in [-0.3, -0.25) is 19.5 Å². The predicted molar refractivity (Wildman–Crippen MR) is 125 cm³/mol. The number of aromatic nitrogens is 1. The first-order valence-electron chi connectivity index (χ1n) is 10.3. The maximum atomic E-state index is 13.3. The zero-order chi connectivity index (χ0) is 21.8. The normalized spacial score (nSPS) is 13.8. The lowest BCUT2D eigenvalue weighted by molar-refractivity contribution is -0.137. The molecule has 3 aromatic rings. The minimum absolute atomic E-state index is 0.209. The molecule has 2 aromatic heterocycles. The molecule has 0 aliphatic carbocycles. The largest absolute Gasteiger partial charge is 0.372 e. The molecule has 158 valence electrons. The first kappa shape index (κ1) is 20.8. The molecule has 0 saturated heterocycles. The summed E-state index contributed by atoms with van der Waals surface area (Å²) in [5, 5.41) is 5.13. The molecule has 0 fully saturated rings. The number of carbonyl (C=O) groups excluding carboxylic acids is 2. The van der Waals surface area contributed by atoms with Crippen LogP contribution in [0.2, 0.25) is 0 Å². The lowest BCUT2D eigenvalue weighted by atomic mass is 10.1. The highest BCUT2D eigenvalue weighted by Crippen LogP contribution is 2.34. The third-order valence-corrected chi connectivity index (χ3v) is 6.18. The van der Waals surface area contributed by atoms with E-state index in [0.717, 1.165) is 34.9 Å². The Hall–Kier alpha value is -3.45. The number of carbonyl (C=O) groups is 2. The van der Waals surface area contributed by atoms with E-state index in [1.165, 1.54) is 16.2 Å². The first-order valence-corrected chi connectivity index (χ1v) is 11.2. The molecule has 1 aromatic carbocycles. The summed E-state index contributed by atoms with van der Waals surface area (Å²) in [7, 11) is 0. The van der Waals surface area contributed by atoms with Crippen molar-refractivity contribution in [2.24, 2.45) is 0 Å². The number of pyridine rings is 1. The monoisotopic (exact) mass is 432 g/mol. The predicted octanol–water partition coefficient (Wildman–Crippen LogP) is 4.38. The number of rotatable bonds is 8. The van der Waals surface area contributed by atoms with E-state index in [1.807, 2.05) is 53.9 Å². The van der Waals surface area contributed by atoms with E-state index in [9.17, 15) is 9.59 Å². The highest BCUT2D eigenvalue weighted by molar-refractivity contribution is 7.11. The molecule has 1 aliphatic rings. The smallest absolute Gasteiger partial charge is 0.278 e. The van der Waals surface area contributed by atoms with Gasteiger partial charge in [0.1, 0.15) is 5.70 Å². The van der Waals surface area contributed by atoms with Crippen LogP contribution in [0.15, 0.2) is 72.0 Å². The molecule has 31 heavy (non-hydrogen) atoms. The number of thiophene rings is 1. The van der Waals surface area contributed by atoms with Crippen molar-refractivity contribution in [3.05, 3.63) is 82.4 Å². The van der Waals surface area contributed by atoms with Crippen LogP contribution in [0.5, 0.6) is 0 Å². The van der Waals surface area contributed by atoms with Crippen LogP contribution in [0.4, 0.5) is 11.4 Å². The van der Waals surface area contributed by atoms with Gasteiger partial charge in [0.2, 0.25) is 0 Å². The Kier molecular flexibility index (Phi) is 6.13. The number of anilines is 2. The lowest BCUT2D eigenvalue weighted by Crippen LogP contribution is -2.31. The van der Waals surface area contributed by atoms with Crippen LogP contribution in [0, 0.1) is 0 Å². The van der Waals surface area contributed by atoms with Gasteiger partial charge in [0.05, 0.1) is 12.1 Å². The fraction of sp³-hybridized carbons (Fsp3) is 0.208. The summed E-state index contributed by atoms with van der Waals surface area (Å²) in [5.41, 5.74) is 3.48. The average Bonchev–Trinajstić information content (AvgIpc) is 3.40. The molecule has 0 unspecified atom stereocenters. The second-order valence-electron chi connectivity index (χ2n) is 7.12. The number of hydrogen-bond donors (Lipinski definition) is 1. The van der Waals surface area contributed by atoms with Crippen molar-refractivity contribution >= 4 is 40.1 Å². The summed E-state index contributed by atoms with van der Waals surface area (Å²) >= 11 is 1.45. The van der Waals surface area contributed by atoms with Crippen molar-refractivity contribution in [2.75, 3.05) is 23.3 Å². The Morgan fingerprint density at radius 1 is 0.968 bits per heavy atom. The van der Waals surface area contributed by atoms with Crippen molar-refractivity contribution in [1.82, 2.24) is 9.88 Å². The fourth-order valence-corrected chi connectivity index (χ4v) is 4.41. The molecular formula is C24H24N4O2S. The number of nitrogens with zero attached hydrogens (tertiary/aromatic N) is 3. The lowest BCUT2D eigenvalue weighted by Gasteiger charge is -2.21. The Labute approximate surface area is 185 Å². The quantitative estimate of drug-likeness (QED) is 0.535. The topological polar surface area (TPSA) is 65.5 Å². The van der Waals surface area contributed by atoms with Crippen LogP contribution in [-0.4, -0.2) is 34.8 Å². The molecule has 2 amide bonds. The maximum absolute atomic E-state index is 13.3. The number of imide groups is 1. The zero-order valence-corrected chi connectivity index (χ0v) is 18.4. The van der Waals surface area contributed by atoms with Gasteiger partial charge in [0.15, 0.2) is 0 Å². The van der Waals surface area contributed by atoms with Gasteiger partial charge in [0, 0.05) is 41.7 Å². The van der Waals surface area contributed by atoms with Crippen LogP contribution in [0.1, 0.15) is 24.3 Å². The van der Waals surface area contributed by atoms with Gasteiger partial charge in [0.25, 0.3) is 11.8 Å². The van der Waals surface area contributed by atoms with Crippen molar-refractivity contribution in [2.45, 2.75) is 20.4 Å². The summed E-state index contributed by atoms with van der Waals surface area (Å²) < 4.78 is 0. The van der Waals surface area contributed by atoms with Gasteiger partial charge in [-0.05, 0) is 67.3 Å². The zero-order valence-electron chi connectivity index (χ0n) is 17.5. The molecule has 1 aliphatic heterocycles. The number of hydrogen-bond acceptors (Lipinski definition) is 6. The van der Waals surface area contributed by atoms with Crippen molar-refractivity contribution in [3.8, 4) is 0 Å². The third kappa shape index (κ3) is 4.22. The van der Waals surface area contributed by atoms with E-state index < -0.39 is 0 Å². The number of nitrogens with one attached hydrogen (secondary N) is 1. The minimum atomic E-state index is -0.321. The molecular weight excluding hydrogens is 408 g/mol. The summed E-state index contributed by atoms with van der Waals surface area (Å²) in [6.07, 6.45) is 3.31. The highest BCUT2D eigenvalue weighted by atomic mass is 32.1.